The van der Waals surface area contributed by atoms with Gasteiger partial charge in [-0.2, -0.15) is 13.2 Å². The largest absolute Gasteiger partial charge is 0.418 e. The highest BCUT2D eigenvalue weighted by Crippen LogP contribution is 2.48. The van der Waals surface area contributed by atoms with Crippen molar-refractivity contribution in [2.75, 3.05) is 11.9 Å². The van der Waals surface area contributed by atoms with Gasteiger partial charge in [0.1, 0.15) is 0 Å². The van der Waals surface area contributed by atoms with Crippen LogP contribution in [0.5, 0.6) is 0 Å². The van der Waals surface area contributed by atoms with Gasteiger partial charge in [-0.1, -0.05) is 57.2 Å². The summed E-state index contributed by atoms with van der Waals surface area (Å²) in [4.78, 5) is 0. The van der Waals surface area contributed by atoms with E-state index in [4.69, 9.17) is 0 Å². The average Bonchev–Trinajstić information content (AvgIpc) is 2.52. The molecule has 0 radical (unpaired) electrons. The van der Waals surface area contributed by atoms with E-state index >= 15 is 0 Å². The molecule has 0 aliphatic carbocycles. The third kappa shape index (κ3) is 3.83. The van der Waals surface area contributed by atoms with Gasteiger partial charge in [0, 0.05) is 12.2 Å². The monoisotopic (exact) mass is 347 g/mol. The maximum absolute atomic E-state index is 13.7. The fourth-order valence-electron chi connectivity index (χ4n) is 3.75. The summed E-state index contributed by atoms with van der Waals surface area (Å²) in [7, 11) is 0. The second kappa shape index (κ2) is 6.40. The lowest BCUT2D eigenvalue weighted by molar-refractivity contribution is -0.137. The molecule has 1 unspecified atom stereocenters. The second-order valence-electron chi connectivity index (χ2n) is 7.90. The van der Waals surface area contributed by atoms with Crippen LogP contribution in [0.25, 0.3) is 0 Å². The molecule has 1 nitrogen and oxygen atoms in total. The van der Waals surface area contributed by atoms with E-state index in [1.165, 1.54) is 6.07 Å². The molecular formula is C21H24F3N. The summed E-state index contributed by atoms with van der Waals surface area (Å²) in [6, 6.07) is 12.9. The Morgan fingerprint density at radius 1 is 1.00 bits per heavy atom. The van der Waals surface area contributed by atoms with E-state index in [-0.39, 0.29) is 17.0 Å². The van der Waals surface area contributed by atoms with E-state index in [0.717, 1.165) is 23.1 Å². The standard InChI is InChI=1S/C21H24F3N/c1-20(2,3)17-9-10-25-19-16(17)12-15(13-18(19)21(22,23)24)11-14-7-5-4-6-8-14/h4-8,12-13,17,25H,9-11H2,1-3H3. The lowest BCUT2D eigenvalue weighted by Crippen LogP contribution is -2.28. The van der Waals surface area contributed by atoms with Crippen LogP contribution in [0.15, 0.2) is 42.5 Å². The van der Waals surface area contributed by atoms with Gasteiger partial charge in [0.2, 0.25) is 0 Å². The minimum Gasteiger partial charge on any atom is -0.384 e. The van der Waals surface area contributed by atoms with E-state index in [9.17, 15) is 13.2 Å². The Kier molecular flexibility index (Phi) is 4.56. The van der Waals surface area contributed by atoms with Crippen LogP contribution >= 0.6 is 0 Å². The van der Waals surface area contributed by atoms with Crippen molar-refractivity contribution in [2.45, 2.75) is 45.7 Å². The molecule has 134 valence electrons. The lowest BCUT2D eigenvalue weighted by Gasteiger charge is -2.37. The maximum Gasteiger partial charge on any atom is 0.418 e. The zero-order valence-electron chi connectivity index (χ0n) is 14.9. The smallest absolute Gasteiger partial charge is 0.384 e. The predicted molar refractivity (Wildman–Crippen MR) is 96.0 cm³/mol. The van der Waals surface area contributed by atoms with Crippen molar-refractivity contribution in [2.24, 2.45) is 5.41 Å². The van der Waals surface area contributed by atoms with Crippen LogP contribution in [0.1, 0.15) is 55.4 Å². The first kappa shape index (κ1) is 17.8. The fraction of sp³-hybridized carbons (Fsp3) is 0.429. The van der Waals surface area contributed by atoms with Crippen LogP contribution in [0.4, 0.5) is 18.9 Å². The third-order valence-electron chi connectivity index (χ3n) is 4.94. The minimum atomic E-state index is -4.36. The average molecular weight is 347 g/mol. The first-order valence-corrected chi connectivity index (χ1v) is 8.68. The lowest BCUT2D eigenvalue weighted by atomic mass is 9.72. The zero-order chi connectivity index (χ0) is 18.2. The van der Waals surface area contributed by atoms with Crippen LogP contribution in [0.3, 0.4) is 0 Å². The molecule has 0 spiro atoms. The number of anilines is 1. The van der Waals surface area contributed by atoms with Crippen LogP contribution in [-0.4, -0.2) is 6.54 Å². The molecule has 25 heavy (non-hydrogen) atoms. The highest BCUT2D eigenvalue weighted by atomic mass is 19.4. The Labute approximate surface area is 147 Å². The van der Waals surface area contributed by atoms with E-state index in [2.05, 4.69) is 26.1 Å². The van der Waals surface area contributed by atoms with Crippen molar-refractivity contribution in [3.63, 3.8) is 0 Å². The Morgan fingerprint density at radius 3 is 2.28 bits per heavy atom. The van der Waals surface area contributed by atoms with E-state index in [1.54, 1.807) is 0 Å². The summed E-state index contributed by atoms with van der Waals surface area (Å²) in [6.45, 7) is 6.88. The van der Waals surface area contributed by atoms with Crippen molar-refractivity contribution in [1.82, 2.24) is 0 Å². The number of fused-ring (bicyclic) bond motifs is 1. The minimum absolute atomic E-state index is 0.0783. The highest BCUT2D eigenvalue weighted by molar-refractivity contribution is 5.64. The summed E-state index contributed by atoms with van der Waals surface area (Å²) in [6.07, 6.45) is -3.00. The van der Waals surface area contributed by atoms with Crippen LogP contribution in [0, 0.1) is 5.41 Å². The second-order valence-corrected chi connectivity index (χ2v) is 7.90. The quantitative estimate of drug-likeness (QED) is 0.678. The van der Waals surface area contributed by atoms with Gasteiger partial charge in [-0.3, -0.25) is 0 Å². The number of hydrogen-bond donors (Lipinski definition) is 1. The molecule has 4 heteroatoms. The van der Waals surface area contributed by atoms with Gasteiger partial charge in [-0.25, -0.2) is 0 Å². The highest BCUT2D eigenvalue weighted by Gasteiger charge is 2.39. The Morgan fingerprint density at radius 2 is 1.68 bits per heavy atom. The van der Waals surface area contributed by atoms with Crippen LogP contribution in [-0.2, 0) is 12.6 Å². The zero-order valence-corrected chi connectivity index (χ0v) is 14.9. The molecule has 1 aliphatic rings. The molecule has 1 aliphatic heterocycles. The Bertz CT molecular complexity index is 742. The van der Waals surface area contributed by atoms with Gasteiger partial charge >= 0.3 is 6.18 Å². The van der Waals surface area contributed by atoms with E-state index in [0.29, 0.717) is 13.0 Å². The summed E-state index contributed by atoms with van der Waals surface area (Å²) in [5, 5.41) is 3.01. The number of nitrogens with one attached hydrogen (secondary N) is 1. The number of alkyl halides is 3. The third-order valence-corrected chi connectivity index (χ3v) is 4.94. The van der Waals surface area contributed by atoms with Crippen molar-refractivity contribution in [3.05, 3.63) is 64.7 Å². The summed E-state index contributed by atoms with van der Waals surface area (Å²) >= 11 is 0. The first-order chi connectivity index (χ1) is 11.7. The number of benzene rings is 2. The SMILES string of the molecule is CC(C)(C)C1CCNc2c1cc(Cc1ccccc1)cc2C(F)(F)F. The molecule has 1 N–H and O–H groups in total. The Balaban J connectivity index is 2.12. The van der Waals surface area contributed by atoms with Crippen LogP contribution in [0.2, 0.25) is 0 Å². The molecule has 0 saturated carbocycles. The van der Waals surface area contributed by atoms with Crippen molar-refractivity contribution < 1.29 is 13.2 Å². The summed E-state index contributed by atoms with van der Waals surface area (Å²) in [5.41, 5.74) is 2.20. The van der Waals surface area contributed by atoms with Crippen molar-refractivity contribution >= 4 is 5.69 Å². The molecule has 2 aromatic carbocycles. The normalized spacial score (nSPS) is 17.8. The van der Waals surface area contributed by atoms with Gasteiger partial charge in [0.25, 0.3) is 0 Å². The summed E-state index contributed by atoms with van der Waals surface area (Å²) < 4.78 is 41.0. The van der Waals surface area contributed by atoms with Gasteiger partial charge in [-0.15, -0.1) is 0 Å². The molecule has 3 rings (SSSR count). The first-order valence-electron chi connectivity index (χ1n) is 8.68. The topological polar surface area (TPSA) is 12.0 Å². The number of halogens is 3. The number of rotatable bonds is 2. The van der Waals surface area contributed by atoms with Gasteiger partial charge in [0.05, 0.1) is 5.56 Å². The van der Waals surface area contributed by atoms with Crippen LogP contribution < -0.4 is 5.32 Å². The molecule has 0 aromatic heterocycles. The summed E-state index contributed by atoms with van der Waals surface area (Å²) in [5.74, 6) is 0.112. The molecule has 0 bridgehead atoms. The predicted octanol–water partition coefficient (Wildman–Crippen LogP) is 6.24. The molecule has 0 fully saturated rings. The molecule has 0 saturated heterocycles. The van der Waals surface area contributed by atoms with Gasteiger partial charge < -0.3 is 5.32 Å². The Hall–Kier alpha value is -1.97. The van der Waals surface area contributed by atoms with Crippen molar-refractivity contribution in [3.8, 4) is 0 Å². The van der Waals surface area contributed by atoms with E-state index in [1.807, 2.05) is 36.4 Å². The van der Waals surface area contributed by atoms with Gasteiger partial charge in [0.15, 0.2) is 0 Å². The van der Waals surface area contributed by atoms with E-state index < -0.39 is 11.7 Å². The molecule has 2 aromatic rings. The van der Waals surface area contributed by atoms with Gasteiger partial charge in [-0.05, 0) is 46.9 Å². The van der Waals surface area contributed by atoms with Crippen molar-refractivity contribution in [1.29, 1.82) is 0 Å². The molecule has 1 atom stereocenters. The maximum atomic E-state index is 13.7. The molecule has 0 amide bonds. The number of hydrogen-bond acceptors (Lipinski definition) is 1. The molecule has 1 heterocycles. The fourth-order valence-corrected chi connectivity index (χ4v) is 3.75. The molecular weight excluding hydrogens is 323 g/mol.